The Morgan fingerprint density at radius 3 is 2.89 bits per heavy atom. The number of halogens is 2. The number of hydrogen-bond donors (Lipinski definition) is 2. The minimum atomic E-state index is -0.288. The molecule has 3 N–H and O–H groups in total. The number of benzene rings is 1. The van der Waals surface area contributed by atoms with E-state index in [0.29, 0.717) is 17.0 Å². The second-order valence-electron chi connectivity index (χ2n) is 3.95. The molecule has 1 heterocycles. The Hall–Kier alpha value is -1.49. The molecule has 2 rings (SSSR count). The fraction of sp³-hybridized carbons (Fsp3) is 0.154. The van der Waals surface area contributed by atoms with Crippen molar-refractivity contribution in [2.75, 3.05) is 0 Å². The van der Waals surface area contributed by atoms with E-state index in [0.717, 1.165) is 5.56 Å². The monoisotopic (exact) mass is 265 g/mol. The van der Waals surface area contributed by atoms with Crippen LogP contribution in [0.3, 0.4) is 0 Å². The van der Waals surface area contributed by atoms with Crippen LogP contribution in [-0.2, 0) is 6.42 Å². The van der Waals surface area contributed by atoms with Gasteiger partial charge in [-0.15, -0.1) is 0 Å². The zero-order chi connectivity index (χ0) is 13.0. The molecule has 94 valence electrons. The molecule has 0 radical (unpaired) electrons. The maximum Gasteiger partial charge on any atom is 0.126 e. The van der Waals surface area contributed by atoms with E-state index in [4.69, 9.17) is 17.4 Å². The van der Waals surface area contributed by atoms with E-state index in [1.807, 2.05) is 12.1 Å². The fourth-order valence-corrected chi connectivity index (χ4v) is 1.97. The van der Waals surface area contributed by atoms with Gasteiger partial charge in [-0.2, -0.15) is 0 Å². The summed E-state index contributed by atoms with van der Waals surface area (Å²) in [5, 5.41) is 0.508. The third kappa shape index (κ3) is 3.04. The SMILES string of the molecule is NNC(Cc1cc(Cl)ccc1F)c1cccnc1. The summed E-state index contributed by atoms with van der Waals surface area (Å²) in [5.41, 5.74) is 4.09. The molecule has 1 unspecified atom stereocenters. The van der Waals surface area contributed by atoms with Gasteiger partial charge < -0.3 is 0 Å². The number of nitrogens with zero attached hydrogens (tertiary/aromatic N) is 1. The Kier molecular flexibility index (Phi) is 4.25. The van der Waals surface area contributed by atoms with Gasteiger partial charge in [-0.25, -0.2) is 4.39 Å². The maximum atomic E-state index is 13.6. The Balaban J connectivity index is 2.23. The van der Waals surface area contributed by atoms with Crippen LogP contribution in [-0.4, -0.2) is 4.98 Å². The number of rotatable bonds is 4. The van der Waals surface area contributed by atoms with Gasteiger partial charge in [-0.1, -0.05) is 17.7 Å². The molecule has 0 fully saturated rings. The van der Waals surface area contributed by atoms with Gasteiger partial charge >= 0.3 is 0 Å². The van der Waals surface area contributed by atoms with Gasteiger partial charge in [0.05, 0.1) is 6.04 Å². The van der Waals surface area contributed by atoms with Crippen molar-refractivity contribution in [3.05, 3.63) is 64.7 Å². The summed E-state index contributed by atoms with van der Waals surface area (Å²) in [4.78, 5) is 4.02. The van der Waals surface area contributed by atoms with Crippen molar-refractivity contribution in [3.63, 3.8) is 0 Å². The van der Waals surface area contributed by atoms with Gasteiger partial charge in [0.25, 0.3) is 0 Å². The number of hydrazine groups is 1. The van der Waals surface area contributed by atoms with Crippen molar-refractivity contribution >= 4 is 11.6 Å². The van der Waals surface area contributed by atoms with Crippen molar-refractivity contribution in [2.45, 2.75) is 12.5 Å². The first-order chi connectivity index (χ1) is 8.70. The molecule has 1 atom stereocenters. The minimum absolute atomic E-state index is 0.202. The topological polar surface area (TPSA) is 50.9 Å². The molecule has 0 aliphatic carbocycles. The molecule has 0 bridgehead atoms. The molecule has 5 heteroatoms. The van der Waals surface area contributed by atoms with Crippen LogP contribution in [0.15, 0.2) is 42.7 Å². The summed E-state index contributed by atoms with van der Waals surface area (Å²) in [7, 11) is 0. The number of nitrogens with two attached hydrogens (primary N) is 1. The Morgan fingerprint density at radius 2 is 2.22 bits per heavy atom. The Morgan fingerprint density at radius 1 is 1.39 bits per heavy atom. The first-order valence-electron chi connectivity index (χ1n) is 5.50. The van der Waals surface area contributed by atoms with Gasteiger partial charge in [0.1, 0.15) is 5.82 Å². The highest BCUT2D eigenvalue weighted by molar-refractivity contribution is 6.30. The second-order valence-corrected chi connectivity index (χ2v) is 4.38. The van der Waals surface area contributed by atoms with Crippen molar-refractivity contribution < 1.29 is 4.39 Å². The predicted molar refractivity (Wildman–Crippen MR) is 69.4 cm³/mol. The van der Waals surface area contributed by atoms with E-state index in [1.54, 1.807) is 18.5 Å². The van der Waals surface area contributed by atoms with Gasteiger partial charge in [0.15, 0.2) is 0 Å². The van der Waals surface area contributed by atoms with Crippen molar-refractivity contribution in [2.24, 2.45) is 5.84 Å². The molecular weight excluding hydrogens is 253 g/mol. The molecule has 2 aromatic rings. The highest BCUT2D eigenvalue weighted by atomic mass is 35.5. The van der Waals surface area contributed by atoms with Crippen LogP contribution in [0, 0.1) is 5.82 Å². The molecule has 0 saturated heterocycles. The lowest BCUT2D eigenvalue weighted by Crippen LogP contribution is -2.29. The lowest BCUT2D eigenvalue weighted by Gasteiger charge is -2.16. The largest absolute Gasteiger partial charge is 0.271 e. The average Bonchev–Trinajstić information content (AvgIpc) is 2.41. The fourth-order valence-electron chi connectivity index (χ4n) is 1.77. The van der Waals surface area contributed by atoms with E-state index < -0.39 is 0 Å². The molecule has 0 spiro atoms. The van der Waals surface area contributed by atoms with Gasteiger partial charge in [0.2, 0.25) is 0 Å². The van der Waals surface area contributed by atoms with E-state index in [9.17, 15) is 4.39 Å². The maximum absolute atomic E-state index is 13.6. The lowest BCUT2D eigenvalue weighted by atomic mass is 10.0. The molecular formula is C13H13ClFN3. The number of hydrogen-bond acceptors (Lipinski definition) is 3. The van der Waals surface area contributed by atoms with Crippen LogP contribution in [0.2, 0.25) is 5.02 Å². The van der Waals surface area contributed by atoms with Crippen LogP contribution in [0.1, 0.15) is 17.2 Å². The van der Waals surface area contributed by atoms with Crippen LogP contribution < -0.4 is 11.3 Å². The summed E-state index contributed by atoms with van der Waals surface area (Å²) in [6.07, 6.45) is 3.79. The van der Waals surface area contributed by atoms with Gasteiger partial charge in [-0.3, -0.25) is 16.3 Å². The number of aromatic nitrogens is 1. The highest BCUT2D eigenvalue weighted by Gasteiger charge is 2.13. The summed E-state index contributed by atoms with van der Waals surface area (Å²) < 4.78 is 13.6. The summed E-state index contributed by atoms with van der Waals surface area (Å²) in [6.45, 7) is 0. The molecule has 0 aliphatic rings. The summed E-state index contributed by atoms with van der Waals surface area (Å²) >= 11 is 5.86. The lowest BCUT2D eigenvalue weighted by molar-refractivity contribution is 0.528. The van der Waals surface area contributed by atoms with Crippen LogP contribution in [0.25, 0.3) is 0 Å². The van der Waals surface area contributed by atoms with E-state index in [2.05, 4.69) is 10.4 Å². The minimum Gasteiger partial charge on any atom is -0.271 e. The molecule has 0 amide bonds. The summed E-state index contributed by atoms with van der Waals surface area (Å²) in [5.74, 6) is 5.22. The Bertz CT molecular complexity index is 519. The van der Waals surface area contributed by atoms with Crippen LogP contribution in [0.5, 0.6) is 0 Å². The van der Waals surface area contributed by atoms with E-state index in [-0.39, 0.29) is 11.9 Å². The third-order valence-electron chi connectivity index (χ3n) is 2.72. The molecule has 1 aromatic carbocycles. The van der Waals surface area contributed by atoms with Crippen LogP contribution in [0.4, 0.5) is 4.39 Å². The quantitative estimate of drug-likeness (QED) is 0.660. The van der Waals surface area contributed by atoms with Gasteiger partial charge in [0, 0.05) is 17.4 Å². The zero-order valence-electron chi connectivity index (χ0n) is 9.61. The molecule has 0 saturated carbocycles. The average molecular weight is 266 g/mol. The zero-order valence-corrected chi connectivity index (χ0v) is 10.4. The smallest absolute Gasteiger partial charge is 0.126 e. The van der Waals surface area contributed by atoms with Crippen molar-refractivity contribution in [1.82, 2.24) is 10.4 Å². The molecule has 18 heavy (non-hydrogen) atoms. The van der Waals surface area contributed by atoms with Crippen molar-refractivity contribution in [1.29, 1.82) is 0 Å². The van der Waals surface area contributed by atoms with Gasteiger partial charge in [-0.05, 0) is 41.8 Å². The second kappa shape index (κ2) is 5.91. The standard InChI is InChI=1S/C13H13ClFN3/c14-11-3-4-12(15)10(6-11)7-13(18-16)9-2-1-5-17-8-9/h1-6,8,13,18H,7,16H2. The molecule has 1 aromatic heterocycles. The number of pyridine rings is 1. The van der Waals surface area contributed by atoms with Crippen LogP contribution >= 0.6 is 11.6 Å². The number of nitrogens with one attached hydrogen (secondary N) is 1. The first kappa shape index (κ1) is 13.0. The normalized spacial score (nSPS) is 12.4. The summed E-state index contributed by atoms with van der Waals surface area (Å²) in [6, 6.07) is 7.99. The third-order valence-corrected chi connectivity index (χ3v) is 2.95. The first-order valence-corrected chi connectivity index (χ1v) is 5.88. The highest BCUT2D eigenvalue weighted by Crippen LogP contribution is 2.21. The van der Waals surface area contributed by atoms with Crippen molar-refractivity contribution in [3.8, 4) is 0 Å². The molecule has 0 aliphatic heterocycles. The predicted octanol–water partition coefficient (Wildman–Crippen LogP) is 2.62. The molecule has 3 nitrogen and oxygen atoms in total. The Labute approximate surface area is 110 Å². The van der Waals surface area contributed by atoms with E-state index in [1.165, 1.54) is 12.1 Å². The van der Waals surface area contributed by atoms with E-state index >= 15 is 0 Å².